The van der Waals surface area contributed by atoms with Crippen LogP contribution in [0.25, 0.3) is 0 Å². The molecule has 0 bridgehead atoms. The molecule has 3 atom stereocenters. The van der Waals surface area contributed by atoms with Crippen LogP contribution < -0.4 is 16.4 Å². The van der Waals surface area contributed by atoms with Crippen molar-refractivity contribution < 1.29 is 53.9 Å². The second-order valence-electron chi connectivity index (χ2n) is 10.2. The maximum Gasteiger partial charge on any atom is 0.416 e. The Bertz CT molecular complexity index is 1420. The van der Waals surface area contributed by atoms with E-state index in [0.717, 1.165) is 18.2 Å². The Kier molecular flexibility index (Phi) is 10.4. The van der Waals surface area contributed by atoms with Crippen LogP contribution >= 0.6 is 0 Å². The van der Waals surface area contributed by atoms with Crippen molar-refractivity contribution in [1.82, 2.24) is 5.32 Å². The van der Waals surface area contributed by atoms with Crippen molar-refractivity contribution in [2.24, 2.45) is 22.6 Å². The predicted octanol–water partition coefficient (Wildman–Crippen LogP) is 6.04. The van der Waals surface area contributed by atoms with Gasteiger partial charge in [0.25, 0.3) is 5.91 Å². The number of nitrogens with two attached hydrogens (primary N) is 1. The molecule has 0 fully saturated rings. The lowest BCUT2D eigenvalue weighted by Crippen LogP contribution is -2.48. The molecule has 0 aromatic heterocycles. The highest BCUT2D eigenvalue weighted by molar-refractivity contribution is 6.20. The number of amides is 3. The van der Waals surface area contributed by atoms with Gasteiger partial charge in [0.15, 0.2) is 0 Å². The number of rotatable bonds is 10. The summed E-state index contributed by atoms with van der Waals surface area (Å²) in [4.78, 5) is 42.9. The van der Waals surface area contributed by atoms with E-state index in [9.17, 15) is 53.9 Å². The van der Waals surface area contributed by atoms with Crippen molar-refractivity contribution in [3.8, 4) is 0 Å². The average Bonchev–Trinajstić information content (AvgIpc) is 3.03. The molecular weight excluding hydrogens is 611 g/mol. The van der Waals surface area contributed by atoms with Gasteiger partial charge in [-0.25, -0.2) is 4.99 Å². The molecule has 0 saturated heterocycles. The number of nitrogens with zero attached hydrogens (tertiary/aromatic N) is 1. The van der Waals surface area contributed by atoms with Crippen LogP contribution in [-0.4, -0.2) is 42.0 Å². The first-order valence-electron chi connectivity index (χ1n) is 13.2. The topological polar surface area (TPSA) is 114 Å². The van der Waals surface area contributed by atoms with Gasteiger partial charge in [0.1, 0.15) is 0 Å². The van der Waals surface area contributed by atoms with E-state index < -0.39 is 91.9 Å². The second kappa shape index (κ2) is 13.3. The molecule has 3 rings (SSSR count). The number of fused-ring (bicyclic) bond motifs is 1. The van der Waals surface area contributed by atoms with Crippen LogP contribution in [0.3, 0.4) is 0 Å². The molecule has 3 amide bonds. The molecule has 2 aromatic carbocycles. The SMILES string of the molecule is Cc1cccc2c1NC(=O)[C@@H](NC(=O)[C@@H](CCCC(F)(F)F)[C@@H](CCC(F)(F)F)C(N)=O)N=C2c1cccc(C(F)(F)F)c1. The minimum atomic E-state index is -4.78. The normalized spacial score (nSPS) is 17.1. The third-order valence-corrected chi connectivity index (χ3v) is 6.93. The Morgan fingerprint density at radius 3 is 2.16 bits per heavy atom. The summed E-state index contributed by atoms with van der Waals surface area (Å²) < 4.78 is 118. The number of benzene rings is 2. The Morgan fingerprint density at radius 1 is 0.932 bits per heavy atom. The van der Waals surface area contributed by atoms with Crippen LogP contribution in [0.5, 0.6) is 0 Å². The monoisotopic (exact) mass is 638 g/mol. The number of primary amides is 1. The minimum Gasteiger partial charge on any atom is -0.369 e. The summed E-state index contributed by atoms with van der Waals surface area (Å²) in [6.07, 6.45) is -21.6. The number of benzodiazepines with no additional fused rings is 1. The van der Waals surface area contributed by atoms with E-state index in [2.05, 4.69) is 15.6 Å². The standard InChI is InChI=1S/C28H27F9N4O3/c1-14-5-2-8-19-20(14)40-25(44)23(39-21(19)15-6-3-7-16(13-15)28(35,36)37)41-24(43)18(9-4-11-26(29,30)31)17(22(38)42)10-12-27(32,33)34/h2-3,5-8,13,17-18,23H,4,9-12H2,1H3,(H2,38,42)(H,40,44)(H,41,43)/t17-,18+,23-/m1/s1. The molecule has 16 heteroatoms. The fourth-order valence-corrected chi connectivity index (χ4v) is 4.79. The fourth-order valence-electron chi connectivity index (χ4n) is 4.79. The number of alkyl halides is 9. The summed E-state index contributed by atoms with van der Waals surface area (Å²) in [6.45, 7) is 1.58. The smallest absolute Gasteiger partial charge is 0.369 e. The third kappa shape index (κ3) is 9.19. The fraction of sp³-hybridized carbons (Fsp3) is 0.429. The van der Waals surface area contributed by atoms with E-state index >= 15 is 0 Å². The molecule has 0 aliphatic carbocycles. The number of halogens is 9. The lowest BCUT2D eigenvalue weighted by atomic mass is 9.83. The van der Waals surface area contributed by atoms with E-state index in [-0.39, 0.29) is 22.5 Å². The van der Waals surface area contributed by atoms with Gasteiger partial charge in [-0.3, -0.25) is 14.4 Å². The highest BCUT2D eigenvalue weighted by Crippen LogP contribution is 2.34. The Hall–Kier alpha value is -4.11. The Morgan fingerprint density at radius 2 is 1.57 bits per heavy atom. The van der Waals surface area contributed by atoms with Gasteiger partial charge in [-0.15, -0.1) is 0 Å². The van der Waals surface area contributed by atoms with Gasteiger partial charge in [-0.2, -0.15) is 39.5 Å². The molecule has 1 aliphatic heterocycles. The third-order valence-electron chi connectivity index (χ3n) is 6.93. The number of aliphatic imine (C=N–C) groups is 1. The van der Waals surface area contributed by atoms with Crippen LogP contribution in [0.2, 0.25) is 0 Å². The van der Waals surface area contributed by atoms with Crippen molar-refractivity contribution in [3.63, 3.8) is 0 Å². The molecule has 1 aliphatic rings. The molecule has 240 valence electrons. The van der Waals surface area contributed by atoms with Crippen molar-refractivity contribution in [2.75, 3.05) is 5.32 Å². The van der Waals surface area contributed by atoms with Crippen LogP contribution in [0.4, 0.5) is 45.2 Å². The molecule has 4 N–H and O–H groups in total. The van der Waals surface area contributed by atoms with Gasteiger partial charge >= 0.3 is 18.5 Å². The number of hydrogen-bond donors (Lipinski definition) is 3. The van der Waals surface area contributed by atoms with Gasteiger partial charge in [-0.1, -0.05) is 30.3 Å². The van der Waals surface area contributed by atoms with E-state index in [4.69, 9.17) is 5.73 Å². The Labute approximate surface area is 245 Å². The van der Waals surface area contributed by atoms with Crippen molar-refractivity contribution in [3.05, 3.63) is 64.7 Å². The zero-order chi connectivity index (χ0) is 33.0. The van der Waals surface area contributed by atoms with E-state index in [1.54, 1.807) is 13.0 Å². The molecule has 0 saturated carbocycles. The maximum atomic E-state index is 13.5. The highest BCUT2D eigenvalue weighted by atomic mass is 19.4. The summed E-state index contributed by atoms with van der Waals surface area (Å²) in [5, 5.41) is 4.67. The summed E-state index contributed by atoms with van der Waals surface area (Å²) in [6, 6.07) is 8.50. The molecule has 0 unspecified atom stereocenters. The molecule has 1 heterocycles. The minimum absolute atomic E-state index is 0.107. The van der Waals surface area contributed by atoms with Crippen molar-refractivity contribution >= 4 is 29.1 Å². The van der Waals surface area contributed by atoms with Gasteiger partial charge in [0.05, 0.1) is 17.0 Å². The second-order valence-corrected chi connectivity index (χ2v) is 10.2. The number of aryl methyl sites for hydroxylation is 1. The lowest BCUT2D eigenvalue weighted by molar-refractivity contribution is -0.147. The molecule has 2 aromatic rings. The van der Waals surface area contributed by atoms with Gasteiger partial charge in [0, 0.05) is 35.8 Å². The van der Waals surface area contributed by atoms with E-state index in [1.165, 1.54) is 18.2 Å². The van der Waals surface area contributed by atoms with Crippen LogP contribution in [0.15, 0.2) is 47.5 Å². The molecule has 0 radical (unpaired) electrons. The number of anilines is 1. The first-order chi connectivity index (χ1) is 20.3. The number of hydrogen-bond acceptors (Lipinski definition) is 4. The van der Waals surface area contributed by atoms with Crippen LogP contribution in [-0.2, 0) is 20.6 Å². The largest absolute Gasteiger partial charge is 0.416 e. The average molecular weight is 639 g/mol. The number of para-hydroxylation sites is 1. The van der Waals surface area contributed by atoms with Crippen LogP contribution in [0.1, 0.15) is 54.4 Å². The molecule has 0 spiro atoms. The number of nitrogens with one attached hydrogen (secondary N) is 2. The summed E-state index contributed by atoms with van der Waals surface area (Å²) >= 11 is 0. The van der Waals surface area contributed by atoms with Gasteiger partial charge in [-0.05, 0) is 43.9 Å². The summed E-state index contributed by atoms with van der Waals surface area (Å²) in [7, 11) is 0. The molecule has 7 nitrogen and oxygen atoms in total. The number of carbonyl (C=O) groups excluding carboxylic acids is 3. The molecule has 44 heavy (non-hydrogen) atoms. The maximum absolute atomic E-state index is 13.5. The van der Waals surface area contributed by atoms with Crippen molar-refractivity contribution in [2.45, 2.75) is 63.7 Å². The first-order valence-corrected chi connectivity index (χ1v) is 13.2. The first kappa shape index (κ1) is 34.4. The Balaban J connectivity index is 2.05. The van der Waals surface area contributed by atoms with Crippen LogP contribution in [0, 0.1) is 18.8 Å². The highest BCUT2D eigenvalue weighted by Gasteiger charge is 2.39. The van der Waals surface area contributed by atoms with E-state index in [0.29, 0.717) is 5.56 Å². The van der Waals surface area contributed by atoms with E-state index in [1.807, 2.05) is 0 Å². The zero-order valence-corrected chi connectivity index (χ0v) is 23.0. The predicted molar refractivity (Wildman–Crippen MR) is 140 cm³/mol. The summed E-state index contributed by atoms with van der Waals surface area (Å²) in [5.41, 5.74) is 4.73. The quantitative estimate of drug-likeness (QED) is 0.276. The summed E-state index contributed by atoms with van der Waals surface area (Å²) in [5.74, 6) is -7.33. The lowest BCUT2D eigenvalue weighted by Gasteiger charge is -2.26. The zero-order valence-electron chi connectivity index (χ0n) is 23.0. The van der Waals surface area contributed by atoms with Crippen molar-refractivity contribution in [1.29, 1.82) is 0 Å². The van der Waals surface area contributed by atoms with Gasteiger partial charge < -0.3 is 16.4 Å². The van der Waals surface area contributed by atoms with Gasteiger partial charge in [0.2, 0.25) is 18.0 Å². The molecular formula is C28H27F9N4O3. The number of carbonyl (C=O) groups is 3.